The van der Waals surface area contributed by atoms with E-state index < -0.39 is 8.38 Å². The van der Waals surface area contributed by atoms with Crippen LogP contribution in [0, 0.1) is 0 Å². The summed E-state index contributed by atoms with van der Waals surface area (Å²) in [4.78, 5) is 9.87. The number of aromatic hydroxyl groups is 2. The van der Waals surface area contributed by atoms with Crippen LogP contribution in [0.3, 0.4) is 0 Å². The first kappa shape index (κ1) is 10.4. The molecule has 86 valence electrons. The van der Waals surface area contributed by atoms with Crippen molar-refractivity contribution in [3.05, 3.63) is 36.4 Å². The Hall–Kier alpha value is -1.77. The quantitative estimate of drug-likeness (QED) is 0.624. The second-order valence-corrected chi connectivity index (χ2v) is 4.93. The number of benzene rings is 2. The SMILES string of the molecule is Oc1ccc2c(c1)P(O)Oc1cccc(O)c1-2. The highest BCUT2D eigenvalue weighted by molar-refractivity contribution is 7.56. The summed E-state index contributed by atoms with van der Waals surface area (Å²) < 4.78 is 5.34. The summed E-state index contributed by atoms with van der Waals surface area (Å²) >= 11 is 0. The van der Waals surface area contributed by atoms with E-state index in [-0.39, 0.29) is 11.5 Å². The second kappa shape index (κ2) is 3.62. The van der Waals surface area contributed by atoms with Crippen molar-refractivity contribution in [3.63, 3.8) is 0 Å². The molecule has 3 N–H and O–H groups in total. The topological polar surface area (TPSA) is 69.9 Å². The van der Waals surface area contributed by atoms with Crippen molar-refractivity contribution in [1.82, 2.24) is 0 Å². The third-order valence-electron chi connectivity index (χ3n) is 2.65. The maximum atomic E-state index is 9.87. The fourth-order valence-corrected chi connectivity index (χ4v) is 2.97. The average Bonchev–Trinajstić information content (AvgIpc) is 2.30. The number of phenolic OH excluding ortho intramolecular Hbond substituents is 2. The fraction of sp³-hybridized carbons (Fsp3) is 0. The molecule has 17 heavy (non-hydrogen) atoms. The average molecular weight is 248 g/mol. The predicted molar refractivity (Wildman–Crippen MR) is 64.6 cm³/mol. The smallest absolute Gasteiger partial charge is 0.263 e. The highest BCUT2D eigenvalue weighted by atomic mass is 31.2. The first-order chi connectivity index (χ1) is 8.16. The van der Waals surface area contributed by atoms with Crippen molar-refractivity contribution in [3.8, 4) is 28.4 Å². The zero-order chi connectivity index (χ0) is 12.0. The van der Waals surface area contributed by atoms with E-state index in [1.807, 2.05) is 0 Å². The van der Waals surface area contributed by atoms with Crippen LogP contribution >= 0.6 is 8.38 Å². The van der Waals surface area contributed by atoms with Gasteiger partial charge in [-0.2, -0.15) is 0 Å². The third-order valence-corrected chi connectivity index (χ3v) is 3.80. The van der Waals surface area contributed by atoms with Gasteiger partial charge in [-0.1, -0.05) is 6.07 Å². The van der Waals surface area contributed by atoms with Gasteiger partial charge in [-0.05, 0) is 30.3 Å². The van der Waals surface area contributed by atoms with E-state index in [0.29, 0.717) is 22.2 Å². The molecule has 5 heteroatoms. The van der Waals surface area contributed by atoms with E-state index in [1.54, 1.807) is 24.3 Å². The standard InChI is InChI=1S/C12H9O4P/c13-7-4-5-8-11(6-7)17(15)16-10-3-1-2-9(14)12(8)10/h1-6,13-15H. The van der Waals surface area contributed by atoms with Gasteiger partial charge in [-0.25, -0.2) is 0 Å². The normalized spacial score (nSPS) is 16.9. The molecule has 0 bridgehead atoms. The maximum Gasteiger partial charge on any atom is 0.263 e. The summed E-state index contributed by atoms with van der Waals surface area (Å²) in [7, 11) is -1.79. The number of fused-ring (bicyclic) bond motifs is 3. The van der Waals surface area contributed by atoms with Gasteiger partial charge in [0, 0.05) is 5.56 Å². The highest BCUT2D eigenvalue weighted by Crippen LogP contribution is 2.49. The van der Waals surface area contributed by atoms with Crippen LogP contribution in [-0.4, -0.2) is 15.1 Å². The number of rotatable bonds is 0. The third kappa shape index (κ3) is 1.54. The molecule has 3 rings (SSSR count). The van der Waals surface area contributed by atoms with Crippen molar-refractivity contribution in [2.75, 3.05) is 0 Å². The van der Waals surface area contributed by atoms with Crippen molar-refractivity contribution in [2.24, 2.45) is 0 Å². The lowest BCUT2D eigenvalue weighted by atomic mass is 10.0. The molecule has 4 nitrogen and oxygen atoms in total. The van der Waals surface area contributed by atoms with Crippen LogP contribution in [-0.2, 0) is 0 Å². The Labute approximate surface area is 98.7 Å². The minimum Gasteiger partial charge on any atom is -0.508 e. The predicted octanol–water partition coefficient (Wildman–Crippen LogP) is 2.09. The largest absolute Gasteiger partial charge is 0.508 e. The Kier molecular flexibility index (Phi) is 2.21. The van der Waals surface area contributed by atoms with E-state index in [2.05, 4.69) is 0 Å². The van der Waals surface area contributed by atoms with Crippen molar-refractivity contribution in [2.45, 2.75) is 0 Å². The van der Waals surface area contributed by atoms with Crippen LogP contribution in [0.25, 0.3) is 11.1 Å². The molecule has 1 heterocycles. The second-order valence-electron chi connectivity index (χ2n) is 3.72. The summed E-state index contributed by atoms with van der Waals surface area (Å²) in [6, 6.07) is 9.54. The highest BCUT2D eigenvalue weighted by Gasteiger charge is 2.27. The molecule has 0 aromatic heterocycles. The molecule has 0 saturated heterocycles. The monoisotopic (exact) mass is 248 g/mol. The molecule has 1 aliphatic heterocycles. The Morgan fingerprint density at radius 1 is 1.06 bits per heavy atom. The summed E-state index contributed by atoms with van der Waals surface area (Å²) in [5.41, 5.74) is 1.24. The molecule has 1 atom stereocenters. The van der Waals surface area contributed by atoms with E-state index in [4.69, 9.17) is 4.52 Å². The minimum absolute atomic E-state index is 0.0628. The molecule has 1 unspecified atom stereocenters. The van der Waals surface area contributed by atoms with Gasteiger partial charge >= 0.3 is 0 Å². The van der Waals surface area contributed by atoms with Gasteiger partial charge in [0.25, 0.3) is 8.38 Å². The van der Waals surface area contributed by atoms with Gasteiger partial charge in [-0.3, -0.25) is 0 Å². The van der Waals surface area contributed by atoms with E-state index >= 15 is 0 Å². The molecule has 2 aromatic carbocycles. The first-order valence-electron chi connectivity index (χ1n) is 4.99. The summed E-state index contributed by atoms with van der Waals surface area (Å²) in [5, 5.41) is 19.8. The minimum atomic E-state index is -1.79. The van der Waals surface area contributed by atoms with E-state index in [0.717, 1.165) is 0 Å². The number of phenols is 2. The van der Waals surface area contributed by atoms with Gasteiger partial charge in [0.15, 0.2) is 0 Å². The Morgan fingerprint density at radius 3 is 2.71 bits per heavy atom. The number of hydrogen-bond acceptors (Lipinski definition) is 4. The molecule has 2 aromatic rings. The lowest BCUT2D eigenvalue weighted by Crippen LogP contribution is -2.13. The van der Waals surface area contributed by atoms with Crippen LogP contribution in [0.5, 0.6) is 17.2 Å². The van der Waals surface area contributed by atoms with Crippen molar-refractivity contribution < 1.29 is 19.6 Å². The van der Waals surface area contributed by atoms with Crippen molar-refractivity contribution in [1.29, 1.82) is 0 Å². The lowest BCUT2D eigenvalue weighted by Gasteiger charge is -2.24. The van der Waals surface area contributed by atoms with Gasteiger partial charge in [0.2, 0.25) is 0 Å². The van der Waals surface area contributed by atoms with Crippen LogP contribution in [0.1, 0.15) is 0 Å². The van der Waals surface area contributed by atoms with E-state index in [9.17, 15) is 15.1 Å². The first-order valence-corrected chi connectivity index (χ1v) is 6.20. The van der Waals surface area contributed by atoms with Crippen LogP contribution in [0.4, 0.5) is 0 Å². The molecule has 0 fully saturated rings. The number of hydrogen-bond donors (Lipinski definition) is 3. The maximum absolute atomic E-state index is 9.87. The molecule has 0 spiro atoms. The van der Waals surface area contributed by atoms with E-state index in [1.165, 1.54) is 12.1 Å². The summed E-state index contributed by atoms with van der Waals surface area (Å²) in [5.74, 6) is 0.613. The fourth-order valence-electron chi connectivity index (χ4n) is 1.90. The van der Waals surface area contributed by atoms with Gasteiger partial charge in [0.05, 0.1) is 10.9 Å². The molecule has 0 amide bonds. The zero-order valence-electron chi connectivity index (χ0n) is 8.66. The van der Waals surface area contributed by atoms with Crippen LogP contribution in [0.15, 0.2) is 36.4 Å². The molecule has 0 aliphatic carbocycles. The summed E-state index contributed by atoms with van der Waals surface area (Å²) in [6.07, 6.45) is 0. The van der Waals surface area contributed by atoms with Crippen LogP contribution in [0.2, 0.25) is 0 Å². The van der Waals surface area contributed by atoms with Gasteiger partial charge in [-0.15, -0.1) is 0 Å². The molecule has 1 aliphatic rings. The Morgan fingerprint density at radius 2 is 1.88 bits per heavy atom. The molecular formula is C12H9O4P. The molecule has 0 radical (unpaired) electrons. The summed E-state index contributed by atoms with van der Waals surface area (Å²) in [6.45, 7) is 0. The Balaban J connectivity index is 2.32. The van der Waals surface area contributed by atoms with Crippen molar-refractivity contribution >= 4 is 13.7 Å². The van der Waals surface area contributed by atoms with Gasteiger partial charge in [0.1, 0.15) is 17.2 Å². The lowest BCUT2D eigenvalue weighted by molar-refractivity contribution is 0.464. The zero-order valence-corrected chi connectivity index (χ0v) is 9.56. The van der Waals surface area contributed by atoms with Gasteiger partial charge < -0.3 is 19.6 Å². The van der Waals surface area contributed by atoms with Crippen LogP contribution < -0.4 is 9.83 Å². The Bertz CT molecular complexity index is 597. The molecular weight excluding hydrogens is 239 g/mol. The molecule has 0 saturated carbocycles.